The van der Waals surface area contributed by atoms with E-state index in [0.29, 0.717) is 25.7 Å². The van der Waals surface area contributed by atoms with Gasteiger partial charge in [0.05, 0.1) is 26.4 Å². The van der Waals surface area contributed by atoms with Crippen LogP contribution in [0.4, 0.5) is 0 Å². The summed E-state index contributed by atoms with van der Waals surface area (Å²) in [5.74, 6) is -1.30. The van der Waals surface area contributed by atoms with Gasteiger partial charge in [-0.15, -0.1) is 0 Å². The van der Waals surface area contributed by atoms with Gasteiger partial charge in [0.15, 0.2) is 12.2 Å². The van der Waals surface area contributed by atoms with Crippen molar-refractivity contribution in [1.29, 1.82) is 0 Å². The predicted octanol–water partition coefficient (Wildman–Crippen LogP) is 23.6. The van der Waals surface area contributed by atoms with Crippen LogP contribution in [-0.4, -0.2) is 96.7 Å². The number of carbonyl (C=O) groups is 4. The molecule has 0 aromatic rings. The van der Waals surface area contributed by atoms with Gasteiger partial charge in [-0.05, 0) is 31.6 Å². The number of hydrogen-bond donors (Lipinski definition) is 3. The quantitative estimate of drug-likeness (QED) is 0.0222. The number of unbranched alkanes of at least 4 members (excludes halogenated alkanes) is 50. The van der Waals surface area contributed by atoms with Crippen molar-refractivity contribution in [2.24, 2.45) is 5.92 Å². The molecule has 0 aliphatic heterocycles. The first-order valence-corrected chi connectivity index (χ1v) is 44.2. The summed E-state index contributed by atoms with van der Waals surface area (Å²) in [6.45, 7) is 7.35. The highest BCUT2D eigenvalue weighted by Gasteiger charge is 2.30. The van der Waals surface area contributed by atoms with Crippen LogP contribution in [-0.2, 0) is 65.4 Å². The fourth-order valence-electron chi connectivity index (χ4n) is 12.2. The second kappa shape index (κ2) is 72.0. The van der Waals surface area contributed by atoms with Gasteiger partial charge in [-0.2, -0.15) is 0 Å². The highest BCUT2D eigenvalue weighted by atomic mass is 31.2. The Hall–Kier alpha value is -1.94. The molecule has 0 bridgehead atoms. The first-order valence-electron chi connectivity index (χ1n) is 41.2. The molecule has 582 valence electrons. The standard InChI is InChI=1S/C79H154O17P2/c1-6-10-13-16-19-22-25-27-29-30-31-32-33-35-38-45-50-55-60-65-79(84)96-75(69-90-77(82)63-58-53-48-43-40-39-41-46-51-56-61-72(5)9-4)71-94-98(87,88)92-67-73(80)66-91-97(85,86)93-70-74(68-89-76(81)62-57-52-47-42-36-24-21-18-15-12-8-3)95-78(83)64-59-54-49-44-37-34-28-26-23-20-17-14-11-7-2/h72-75,80H,6-71H2,1-5H3,(H,85,86)(H,87,88)/t72?,73-,74+,75+/m0/s1. The van der Waals surface area contributed by atoms with E-state index in [1.165, 1.54) is 244 Å². The molecule has 0 spiro atoms. The van der Waals surface area contributed by atoms with Crippen LogP contribution in [0.3, 0.4) is 0 Å². The molecule has 3 unspecified atom stereocenters. The molecule has 0 saturated heterocycles. The third-order valence-electron chi connectivity index (χ3n) is 18.9. The van der Waals surface area contributed by atoms with Gasteiger partial charge >= 0.3 is 39.5 Å². The number of esters is 4. The monoisotopic (exact) mass is 1440 g/mol. The molecule has 19 heteroatoms. The van der Waals surface area contributed by atoms with Crippen LogP contribution < -0.4 is 0 Å². The van der Waals surface area contributed by atoms with E-state index in [1.807, 2.05) is 0 Å². The first kappa shape index (κ1) is 96.1. The van der Waals surface area contributed by atoms with Crippen LogP contribution in [0, 0.1) is 5.92 Å². The molecule has 0 fully saturated rings. The number of ether oxygens (including phenoxy) is 4. The molecule has 0 aromatic heterocycles. The lowest BCUT2D eigenvalue weighted by atomic mass is 9.99. The Bertz CT molecular complexity index is 1880. The molecule has 3 N–H and O–H groups in total. The predicted molar refractivity (Wildman–Crippen MR) is 400 cm³/mol. The van der Waals surface area contributed by atoms with Crippen LogP contribution in [0.1, 0.15) is 420 Å². The number of carbonyl (C=O) groups excluding carboxylic acids is 4. The molecule has 0 aromatic carbocycles. The zero-order valence-corrected chi connectivity index (χ0v) is 65.7. The van der Waals surface area contributed by atoms with E-state index in [0.717, 1.165) is 95.8 Å². The van der Waals surface area contributed by atoms with Crippen molar-refractivity contribution in [1.82, 2.24) is 0 Å². The third kappa shape index (κ3) is 71.1. The smallest absolute Gasteiger partial charge is 0.462 e. The van der Waals surface area contributed by atoms with Crippen molar-refractivity contribution in [2.45, 2.75) is 438 Å². The fraction of sp³-hybridized carbons (Fsp3) is 0.949. The summed E-state index contributed by atoms with van der Waals surface area (Å²) in [5.41, 5.74) is 0. The number of phosphoric acid groups is 2. The summed E-state index contributed by atoms with van der Waals surface area (Å²) >= 11 is 0. The van der Waals surface area contributed by atoms with Crippen LogP contribution in [0.15, 0.2) is 0 Å². The second-order valence-corrected chi connectivity index (χ2v) is 31.6. The zero-order valence-electron chi connectivity index (χ0n) is 63.9. The van der Waals surface area contributed by atoms with E-state index >= 15 is 0 Å². The van der Waals surface area contributed by atoms with Gasteiger partial charge in [-0.1, -0.05) is 369 Å². The molecule has 0 radical (unpaired) electrons. The third-order valence-corrected chi connectivity index (χ3v) is 20.8. The van der Waals surface area contributed by atoms with Gasteiger partial charge < -0.3 is 33.8 Å². The largest absolute Gasteiger partial charge is 0.472 e. The number of hydrogen-bond acceptors (Lipinski definition) is 15. The zero-order chi connectivity index (χ0) is 71.9. The van der Waals surface area contributed by atoms with Crippen molar-refractivity contribution in [2.75, 3.05) is 39.6 Å². The van der Waals surface area contributed by atoms with Crippen molar-refractivity contribution >= 4 is 39.5 Å². The molecular weight excluding hydrogens is 1280 g/mol. The maximum atomic E-state index is 13.1. The molecule has 0 aliphatic carbocycles. The molecule has 0 saturated carbocycles. The minimum absolute atomic E-state index is 0.108. The minimum Gasteiger partial charge on any atom is -0.462 e. The number of aliphatic hydroxyl groups excluding tert-OH is 1. The summed E-state index contributed by atoms with van der Waals surface area (Å²) in [7, 11) is -9.91. The van der Waals surface area contributed by atoms with Gasteiger partial charge in [0, 0.05) is 25.7 Å². The summed E-state index contributed by atoms with van der Waals surface area (Å²) in [5, 5.41) is 10.6. The molecule has 17 nitrogen and oxygen atoms in total. The van der Waals surface area contributed by atoms with Crippen molar-refractivity contribution < 1.29 is 80.2 Å². The minimum atomic E-state index is -4.96. The van der Waals surface area contributed by atoms with Crippen LogP contribution in [0.25, 0.3) is 0 Å². The van der Waals surface area contributed by atoms with Crippen LogP contribution in [0.5, 0.6) is 0 Å². The number of rotatable bonds is 79. The summed E-state index contributed by atoms with van der Waals surface area (Å²) < 4.78 is 68.7. The van der Waals surface area contributed by atoms with Gasteiger partial charge in [0.25, 0.3) is 0 Å². The molecule has 0 rings (SSSR count). The lowest BCUT2D eigenvalue weighted by molar-refractivity contribution is -0.161. The maximum absolute atomic E-state index is 13.1. The number of aliphatic hydroxyl groups is 1. The normalized spacial score (nSPS) is 14.2. The van der Waals surface area contributed by atoms with E-state index < -0.39 is 97.5 Å². The molecule has 6 atom stereocenters. The molecule has 0 heterocycles. The maximum Gasteiger partial charge on any atom is 0.472 e. The molecule has 0 aliphatic rings. The number of phosphoric ester groups is 2. The summed E-state index contributed by atoms with van der Waals surface area (Å²) in [6.07, 6.45) is 62.2. The van der Waals surface area contributed by atoms with E-state index in [4.69, 9.17) is 37.0 Å². The van der Waals surface area contributed by atoms with E-state index in [-0.39, 0.29) is 25.7 Å². The van der Waals surface area contributed by atoms with Crippen LogP contribution >= 0.6 is 15.6 Å². The first-order chi connectivity index (χ1) is 47.6. The Kier molecular flexibility index (Phi) is 70.6. The average Bonchev–Trinajstić information content (AvgIpc) is 0.947. The lowest BCUT2D eigenvalue weighted by Crippen LogP contribution is -2.30. The Balaban J connectivity index is 5.24. The SMILES string of the molecule is CCCCCCCCCCCCCCCCCCCCCC(=O)O[C@H](COC(=O)CCCCCCCCCCCCC(C)CC)COP(=O)(O)OC[C@@H](O)COP(=O)(O)OC[C@@H](COC(=O)CCCCCCCCCCCCC)OC(=O)CCCCCCCCCCCCCCCC. The van der Waals surface area contributed by atoms with Gasteiger partial charge in [-0.25, -0.2) is 9.13 Å². The highest BCUT2D eigenvalue weighted by Crippen LogP contribution is 2.45. The Morgan fingerprint density at radius 3 is 0.724 bits per heavy atom. The van der Waals surface area contributed by atoms with Crippen molar-refractivity contribution in [3.63, 3.8) is 0 Å². The van der Waals surface area contributed by atoms with E-state index in [9.17, 15) is 43.2 Å². The molecule has 98 heavy (non-hydrogen) atoms. The van der Waals surface area contributed by atoms with Gasteiger partial charge in [0.1, 0.15) is 19.3 Å². The lowest BCUT2D eigenvalue weighted by Gasteiger charge is -2.21. The van der Waals surface area contributed by atoms with E-state index in [2.05, 4.69) is 34.6 Å². The average molecular weight is 1440 g/mol. The van der Waals surface area contributed by atoms with Gasteiger partial charge in [0.2, 0.25) is 0 Å². The van der Waals surface area contributed by atoms with Crippen molar-refractivity contribution in [3.05, 3.63) is 0 Å². The Morgan fingerprint density at radius 1 is 0.286 bits per heavy atom. The summed E-state index contributed by atoms with van der Waals surface area (Å²) in [4.78, 5) is 73.0. The summed E-state index contributed by atoms with van der Waals surface area (Å²) in [6, 6.07) is 0. The highest BCUT2D eigenvalue weighted by molar-refractivity contribution is 7.47. The molecular formula is C79H154O17P2. The Morgan fingerprint density at radius 2 is 0.490 bits per heavy atom. The van der Waals surface area contributed by atoms with E-state index in [1.54, 1.807) is 0 Å². The van der Waals surface area contributed by atoms with Crippen molar-refractivity contribution in [3.8, 4) is 0 Å². The van der Waals surface area contributed by atoms with Gasteiger partial charge in [-0.3, -0.25) is 37.3 Å². The fourth-order valence-corrected chi connectivity index (χ4v) is 13.8. The topological polar surface area (TPSA) is 237 Å². The molecule has 0 amide bonds. The Labute approximate surface area is 600 Å². The van der Waals surface area contributed by atoms with Crippen LogP contribution in [0.2, 0.25) is 0 Å². The second-order valence-electron chi connectivity index (χ2n) is 28.7.